The van der Waals surface area contributed by atoms with Crippen molar-refractivity contribution >= 4 is 11.9 Å². The molecule has 1 aliphatic rings. The van der Waals surface area contributed by atoms with Gasteiger partial charge < -0.3 is 19.5 Å². The van der Waals surface area contributed by atoms with Gasteiger partial charge in [0.15, 0.2) is 23.9 Å². The lowest BCUT2D eigenvalue weighted by Crippen LogP contribution is -2.28. The van der Waals surface area contributed by atoms with Crippen molar-refractivity contribution in [1.82, 2.24) is 20.1 Å². The highest BCUT2D eigenvalue weighted by molar-refractivity contribution is 5.88. The van der Waals surface area contributed by atoms with E-state index >= 15 is 0 Å². The van der Waals surface area contributed by atoms with Gasteiger partial charge in [-0.1, -0.05) is 54.6 Å². The molecule has 0 saturated heterocycles. The lowest BCUT2D eigenvalue weighted by atomic mass is 10.2. The first-order valence-corrected chi connectivity index (χ1v) is 10.6. The fraction of sp³-hybridized carbons (Fsp3) is 0.120. The van der Waals surface area contributed by atoms with Crippen molar-refractivity contribution < 1.29 is 23.8 Å². The fourth-order valence-electron chi connectivity index (χ4n) is 3.42. The quantitative estimate of drug-likeness (QED) is 0.426. The van der Waals surface area contributed by atoms with Crippen LogP contribution in [0.3, 0.4) is 0 Å². The Balaban J connectivity index is 1.24. The number of nitrogens with one attached hydrogen (secondary N) is 1. The van der Waals surface area contributed by atoms with Crippen LogP contribution in [0.15, 0.2) is 78.9 Å². The highest BCUT2D eigenvalue weighted by Crippen LogP contribution is 2.32. The minimum atomic E-state index is -0.787. The molecule has 0 saturated carbocycles. The smallest absolute Gasteiger partial charge is 0.378 e. The van der Waals surface area contributed by atoms with E-state index in [0.29, 0.717) is 17.3 Å². The monoisotopic (exact) mass is 456 g/mol. The lowest BCUT2D eigenvalue weighted by molar-refractivity contribution is -0.124. The number of nitrogens with zero attached hydrogens (tertiary/aromatic N) is 3. The topological polar surface area (TPSA) is 105 Å². The molecule has 9 heteroatoms. The van der Waals surface area contributed by atoms with Gasteiger partial charge in [0.25, 0.3) is 11.7 Å². The van der Waals surface area contributed by atoms with Gasteiger partial charge in [-0.05, 0) is 29.8 Å². The maximum absolute atomic E-state index is 12.6. The van der Waals surface area contributed by atoms with Gasteiger partial charge in [0.2, 0.25) is 6.79 Å². The summed E-state index contributed by atoms with van der Waals surface area (Å²) in [5.41, 5.74) is 2.37. The number of rotatable bonds is 7. The number of amides is 1. The summed E-state index contributed by atoms with van der Waals surface area (Å²) in [6.45, 7) is -0.0167. The Morgan fingerprint density at radius 1 is 0.941 bits per heavy atom. The molecule has 1 aliphatic heterocycles. The Hall–Kier alpha value is -4.66. The molecule has 0 aliphatic carbocycles. The molecule has 0 radical (unpaired) electrons. The first-order valence-electron chi connectivity index (χ1n) is 10.6. The molecule has 4 aromatic rings. The van der Waals surface area contributed by atoms with E-state index in [4.69, 9.17) is 14.2 Å². The van der Waals surface area contributed by atoms with Crippen molar-refractivity contribution in [2.24, 2.45) is 0 Å². The van der Waals surface area contributed by atoms with E-state index in [1.54, 1.807) is 16.8 Å². The van der Waals surface area contributed by atoms with Crippen LogP contribution >= 0.6 is 0 Å². The zero-order chi connectivity index (χ0) is 23.3. The van der Waals surface area contributed by atoms with Crippen LogP contribution in [0.5, 0.6) is 11.5 Å². The number of carbonyl (C=O) groups is 2. The minimum Gasteiger partial charge on any atom is -0.454 e. The summed E-state index contributed by atoms with van der Waals surface area (Å²) in [6.07, 6.45) is 0. The van der Waals surface area contributed by atoms with Gasteiger partial charge in [-0.25, -0.2) is 14.5 Å². The molecule has 170 valence electrons. The van der Waals surface area contributed by atoms with Crippen LogP contribution < -0.4 is 14.8 Å². The molecule has 1 amide bonds. The van der Waals surface area contributed by atoms with E-state index < -0.39 is 18.5 Å². The molecule has 3 aromatic carbocycles. The highest BCUT2D eigenvalue weighted by Gasteiger charge is 2.21. The third-order valence-corrected chi connectivity index (χ3v) is 5.08. The standard InChI is InChI=1S/C25H20N4O5/c30-22(26-14-17-11-12-20-21(13-17)34-16-33-20)15-32-25(31)23-27-24(18-7-3-1-4-8-18)29(28-23)19-9-5-2-6-10-19/h1-13H,14-16H2,(H,26,30). The van der Waals surface area contributed by atoms with Gasteiger partial charge >= 0.3 is 5.97 Å². The summed E-state index contributed by atoms with van der Waals surface area (Å²) in [7, 11) is 0. The van der Waals surface area contributed by atoms with Crippen LogP contribution in [0.2, 0.25) is 0 Å². The Bertz CT molecular complexity index is 1260. The Morgan fingerprint density at radius 3 is 2.47 bits per heavy atom. The molecule has 0 bridgehead atoms. The number of hydrogen-bond donors (Lipinski definition) is 1. The third-order valence-electron chi connectivity index (χ3n) is 5.08. The van der Waals surface area contributed by atoms with Gasteiger partial charge in [-0.15, -0.1) is 5.10 Å². The van der Waals surface area contributed by atoms with Crippen molar-refractivity contribution in [3.05, 3.63) is 90.3 Å². The summed E-state index contributed by atoms with van der Waals surface area (Å²) in [5.74, 6) is 0.424. The number of aromatic nitrogens is 3. The van der Waals surface area contributed by atoms with Gasteiger partial charge in [0.1, 0.15) is 0 Å². The highest BCUT2D eigenvalue weighted by atomic mass is 16.7. The van der Waals surface area contributed by atoms with E-state index in [0.717, 1.165) is 16.8 Å². The number of esters is 1. The average molecular weight is 456 g/mol. The van der Waals surface area contributed by atoms with Gasteiger partial charge in [-0.2, -0.15) is 0 Å². The molecule has 0 unspecified atom stereocenters. The summed E-state index contributed by atoms with van der Waals surface area (Å²) < 4.78 is 17.3. The molecular weight excluding hydrogens is 436 g/mol. The molecule has 2 heterocycles. The average Bonchev–Trinajstić information content (AvgIpc) is 3.54. The Labute approximate surface area is 194 Å². The Morgan fingerprint density at radius 2 is 1.68 bits per heavy atom. The van der Waals surface area contributed by atoms with E-state index in [-0.39, 0.29) is 19.2 Å². The number of hydrogen-bond acceptors (Lipinski definition) is 7. The van der Waals surface area contributed by atoms with E-state index in [2.05, 4.69) is 15.4 Å². The molecule has 1 aromatic heterocycles. The second kappa shape index (κ2) is 9.45. The summed E-state index contributed by atoms with van der Waals surface area (Å²) in [4.78, 5) is 29.2. The normalized spacial score (nSPS) is 11.8. The van der Waals surface area contributed by atoms with Crippen LogP contribution in [0.25, 0.3) is 17.1 Å². The van der Waals surface area contributed by atoms with E-state index in [1.807, 2.05) is 66.7 Å². The van der Waals surface area contributed by atoms with Crippen molar-refractivity contribution in [2.45, 2.75) is 6.54 Å². The van der Waals surface area contributed by atoms with Crippen molar-refractivity contribution in [2.75, 3.05) is 13.4 Å². The lowest BCUT2D eigenvalue weighted by Gasteiger charge is -2.06. The zero-order valence-corrected chi connectivity index (χ0v) is 18.0. The number of carbonyl (C=O) groups excluding carboxylic acids is 2. The van der Waals surface area contributed by atoms with Crippen LogP contribution in [0.4, 0.5) is 0 Å². The van der Waals surface area contributed by atoms with Crippen LogP contribution in [-0.2, 0) is 16.1 Å². The molecule has 0 fully saturated rings. The first-order chi connectivity index (χ1) is 16.7. The van der Waals surface area contributed by atoms with Crippen LogP contribution in [0, 0.1) is 0 Å². The second-order valence-electron chi connectivity index (χ2n) is 7.41. The third kappa shape index (κ3) is 4.58. The van der Waals surface area contributed by atoms with E-state index in [1.165, 1.54) is 0 Å². The number of benzene rings is 3. The molecule has 0 atom stereocenters. The minimum absolute atomic E-state index is 0.133. The number of fused-ring (bicyclic) bond motifs is 1. The van der Waals surface area contributed by atoms with Crippen molar-refractivity contribution in [3.8, 4) is 28.6 Å². The van der Waals surface area contributed by atoms with Crippen molar-refractivity contribution in [1.29, 1.82) is 0 Å². The van der Waals surface area contributed by atoms with Gasteiger partial charge in [-0.3, -0.25) is 4.79 Å². The molecule has 0 spiro atoms. The summed E-state index contributed by atoms with van der Waals surface area (Å²) >= 11 is 0. The summed E-state index contributed by atoms with van der Waals surface area (Å²) in [5, 5.41) is 7.04. The molecule has 34 heavy (non-hydrogen) atoms. The van der Waals surface area contributed by atoms with Crippen LogP contribution in [-0.4, -0.2) is 40.0 Å². The second-order valence-corrected chi connectivity index (χ2v) is 7.41. The largest absolute Gasteiger partial charge is 0.454 e. The predicted molar refractivity (Wildman–Crippen MR) is 121 cm³/mol. The SMILES string of the molecule is O=C(COC(=O)c1nc(-c2ccccc2)n(-c2ccccc2)n1)NCc1ccc2c(c1)OCO2. The molecular formula is C25H20N4O5. The predicted octanol–water partition coefficient (Wildman–Crippen LogP) is 3.14. The number of ether oxygens (including phenoxy) is 3. The van der Waals surface area contributed by atoms with Gasteiger partial charge in [0, 0.05) is 12.1 Å². The van der Waals surface area contributed by atoms with Crippen LogP contribution in [0.1, 0.15) is 16.2 Å². The summed E-state index contributed by atoms with van der Waals surface area (Å²) in [6, 6.07) is 24.1. The maximum atomic E-state index is 12.6. The van der Waals surface area contributed by atoms with Crippen molar-refractivity contribution in [3.63, 3.8) is 0 Å². The van der Waals surface area contributed by atoms with Gasteiger partial charge in [0.05, 0.1) is 5.69 Å². The number of para-hydroxylation sites is 1. The molecule has 9 nitrogen and oxygen atoms in total. The molecule has 5 rings (SSSR count). The zero-order valence-electron chi connectivity index (χ0n) is 18.0. The first kappa shape index (κ1) is 21.2. The molecule has 1 N–H and O–H groups in total. The Kier molecular flexibility index (Phi) is 5.89. The van der Waals surface area contributed by atoms with E-state index in [9.17, 15) is 9.59 Å². The maximum Gasteiger partial charge on any atom is 0.378 e. The fourth-order valence-corrected chi connectivity index (χ4v) is 3.42.